The molecule has 10 heteroatoms. The molecule has 1 aromatic heterocycles. The van der Waals surface area contributed by atoms with Crippen molar-refractivity contribution in [3.8, 4) is 5.75 Å². The molecule has 1 atom stereocenters. The summed E-state index contributed by atoms with van der Waals surface area (Å²) in [7, 11) is 0. The van der Waals surface area contributed by atoms with Crippen molar-refractivity contribution >= 4 is 61.9 Å². The lowest BCUT2D eigenvalue weighted by atomic mass is 10.3. The minimum atomic E-state index is -1.20. The number of carboxylic acids is 1. The van der Waals surface area contributed by atoms with Crippen LogP contribution < -0.4 is 15.4 Å². The number of thioether (sulfide) groups is 1. The number of amides is 2. The van der Waals surface area contributed by atoms with E-state index in [2.05, 4.69) is 15.6 Å². The second-order valence-corrected chi connectivity index (χ2v) is 8.96. The van der Waals surface area contributed by atoms with Gasteiger partial charge in [-0.25, -0.2) is 9.78 Å². The van der Waals surface area contributed by atoms with Crippen LogP contribution in [-0.4, -0.2) is 39.7 Å². The zero-order chi connectivity index (χ0) is 23.1. The maximum atomic E-state index is 12.7. The maximum Gasteiger partial charge on any atom is 0.328 e. The van der Waals surface area contributed by atoms with E-state index in [9.17, 15) is 14.4 Å². The van der Waals surface area contributed by atoms with Crippen LogP contribution in [0.2, 0.25) is 0 Å². The van der Waals surface area contributed by atoms with Gasteiger partial charge in [-0.05, 0) is 50.2 Å². The average Bonchev–Trinajstić information content (AvgIpc) is 3.14. The summed E-state index contributed by atoms with van der Waals surface area (Å²) in [6.07, 6.45) is 1.70. The van der Waals surface area contributed by atoms with Gasteiger partial charge in [0.15, 0.2) is 5.13 Å². The Morgan fingerprint density at radius 3 is 2.75 bits per heavy atom. The summed E-state index contributed by atoms with van der Waals surface area (Å²) in [4.78, 5) is 40.1. The van der Waals surface area contributed by atoms with Crippen LogP contribution in [-0.2, 0) is 14.4 Å². The number of aliphatic carboxylic acids is 1. The first kappa shape index (κ1) is 23.3. The van der Waals surface area contributed by atoms with Crippen molar-refractivity contribution in [1.82, 2.24) is 4.98 Å². The third-order valence-electron chi connectivity index (χ3n) is 4.06. The van der Waals surface area contributed by atoms with E-state index >= 15 is 0 Å². The lowest BCUT2D eigenvalue weighted by Crippen LogP contribution is -2.22. The number of thiazole rings is 1. The molecule has 0 radical (unpaired) electrons. The number of hydrogen-bond donors (Lipinski definition) is 3. The summed E-state index contributed by atoms with van der Waals surface area (Å²) in [5.41, 5.74) is 1.29. The molecular weight excluding hydrogens is 450 g/mol. The van der Waals surface area contributed by atoms with Crippen LogP contribution in [0.5, 0.6) is 5.75 Å². The number of anilines is 2. The first-order valence-electron chi connectivity index (χ1n) is 9.67. The number of fused-ring (bicyclic) bond motifs is 1. The molecule has 0 bridgehead atoms. The van der Waals surface area contributed by atoms with Gasteiger partial charge in [-0.15, -0.1) is 11.8 Å². The summed E-state index contributed by atoms with van der Waals surface area (Å²) in [5, 5.41) is 14.1. The smallest absolute Gasteiger partial charge is 0.328 e. The Morgan fingerprint density at radius 2 is 2.00 bits per heavy atom. The Balaban J connectivity index is 1.61. The molecule has 0 saturated carbocycles. The van der Waals surface area contributed by atoms with E-state index in [1.54, 1.807) is 25.1 Å². The molecular formula is C22H21N3O5S2. The average molecular weight is 472 g/mol. The number of nitrogens with zero attached hydrogens (tertiary/aromatic N) is 1. The number of aromatic nitrogens is 1. The minimum Gasteiger partial charge on any atom is -0.494 e. The van der Waals surface area contributed by atoms with Gasteiger partial charge < -0.3 is 20.5 Å². The molecule has 32 heavy (non-hydrogen) atoms. The van der Waals surface area contributed by atoms with Gasteiger partial charge >= 0.3 is 5.97 Å². The van der Waals surface area contributed by atoms with Crippen molar-refractivity contribution in [2.45, 2.75) is 24.0 Å². The third kappa shape index (κ3) is 6.56. The normalized spacial score (nSPS) is 11.9. The number of ether oxygens (including phenoxy) is 1. The summed E-state index contributed by atoms with van der Waals surface area (Å²) in [5.74, 6) is -1.19. The third-order valence-corrected chi connectivity index (χ3v) is 6.09. The second kappa shape index (κ2) is 10.8. The van der Waals surface area contributed by atoms with Gasteiger partial charge in [0.1, 0.15) is 5.75 Å². The van der Waals surface area contributed by atoms with Crippen LogP contribution in [0.1, 0.15) is 13.8 Å². The molecule has 1 unspecified atom stereocenters. The first-order chi connectivity index (χ1) is 15.3. The highest BCUT2D eigenvalue weighted by molar-refractivity contribution is 8.00. The molecule has 2 aromatic carbocycles. The summed E-state index contributed by atoms with van der Waals surface area (Å²) in [6, 6.07) is 12.6. The van der Waals surface area contributed by atoms with E-state index in [4.69, 9.17) is 9.84 Å². The Kier molecular flexibility index (Phi) is 7.85. The van der Waals surface area contributed by atoms with E-state index in [-0.39, 0.29) is 5.91 Å². The summed E-state index contributed by atoms with van der Waals surface area (Å²) < 4.78 is 6.42. The van der Waals surface area contributed by atoms with Crippen LogP contribution in [0.3, 0.4) is 0 Å². The van der Waals surface area contributed by atoms with Crippen LogP contribution in [0.25, 0.3) is 10.2 Å². The predicted octanol–water partition coefficient (Wildman–Crippen LogP) is 4.39. The van der Waals surface area contributed by atoms with Gasteiger partial charge in [0, 0.05) is 22.7 Å². The number of nitrogens with one attached hydrogen (secondary N) is 2. The van der Waals surface area contributed by atoms with Gasteiger partial charge in [0.25, 0.3) is 0 Å². The van der Waals surface area contributed by atoms with Crippen molar-refractivity contribution in [3.63, 3.8) is 0 Å². The number of carboxylic acid groups (broad SMARTS) is 1. The SMILES string of the molecule is CCOc1ccc2nc(NC(=O)C(C)Sc3cccc(NC(=O)/C=C/C(=O)O)c3)sc2c1. The molecule has 0 aliphatic carbocycles. The van der Waals surface area contributed by atoms with Crippen LogP contribution >= 0.6 is 23.1 Å². The highest BCUT2D eigenvalue weighted by Crippen LogP contribution is 2.31. The highest BCUT2D eigenvalue weighted by atomic mass is 32.2. The molecule has 0 aliphatic rings. The molecule has 3 N–H and O–H groups in total. The van der Waals surface area contributed by atoms with Crippen molar-refractivity contribution in [2.75, 3.05) is 17.2 Å². The van der Waals surface area contributed by atoms with E-state index in [0.29, 0.717) is 17.4 Å². The minimum absolute atomic E-state index is 0.196. The number of rotatable bonds is 9. The van der Waals surface area contributed by atoms with Crippen molar-refractivity contribution < 1.29 is 24.2 Å². The first-order valence-corrected chi connectivity index (χ1v) is 11.4. The van der Waals surface area contributed by atoms with Gasteiger partial charge in [-0.2, -0.15) is 0 Å². The molecule has 3 rings (SSSR count). The Hall–Kier alpha value is -3.37. The molecule has 166 valence electrons. The number of hydrogen-bond acceptors (Lipinski definition) is 7. The van der Waals surface area contributed by atoms with Gasteiger partial charge in [0.05, 0.1) is 22.1 Å². The number of carbonyl (C=O) groups is 3. The zero-order valence-corrected chi connectivity index (χ0v) is 19.0. The monoisotopic (exact) mass is 471 g/mol. The van der Waals surface area contributed by atoms with Crippen LogP contribution in [0, 0.1) is 0 Å². The standard InChI is InChI=1S/C22H21N3O5S2/c1-3-30-15-7-8-17-18(12-15)32-22(24-17)25-21(29)13(2)31-16-6-4-5-14(11-16)23-19(26)9-10-20(27)28/h4-13H,3H2,1-2H3,(H,23,26)(H,27,28)(H,24,25,29)/b10-9+. The molecule has 1 heterocycles. The molecule has 0 saturated heterocycles. The van der Waals surface area contributed by atoms with Crippen molar-refractivity contribution in [2.24, 2.45) is 0 Å². The predicted molar refractivity (Wildman–Crippen MR) is 127 cm³/mol. The van der Waals surface area contributed by atoms with Crippen LogP contribution in [0.4, 0.5) is 10.8 Å². The Morgan fingerprint density at radius 1 is 1.19 bits per heavy atom. The van der Waals surface area contributed by atoms with Crippen LogP contribution in [0.15, 0.2) is 59.5 Å². The lowest BCUT2D eigenvalue weighted by molar-refractivity contribution is -0.131. The number of benzene rings is 2. The summed E-state index contributed by atoms with van der Waals surface area (Å²) in [6.45, 7) is 4.27. The van der Waals surface area contributed by atoms with Gasteiger partial charge in [-0.3, -0.25) is 9.59 Å². The van der Waals surface area contributed by atoms with Gasteiger partial charge in [-0.1, -0.05) is 17.4 Å². The molecule has 0 spiro atoms. The quantitative estimate of drug-likeness (QED) is 0.313. The highest BCUT2D eigenvalue weighted by Gasteiger charge is 2.17. The van der Waals surface area contributed by atoms with Crippen molar-refractivity contribution in [3.05, 3.63) is 54.6 Å². The zero-order valence-electron chi connectivity index (χ0n) is 17.3. The van der Waals surface area contributed by atoms with Gasteiger partial charge in [0.2, 0.25) is 11.8 Å². The molecule has 0 aliphatic heterocycles. The molecule has 8 nitrogen and oxygen atoms in total. The topological polar surface area (TPSA) is 118 Å². The Labute approximate surface area is 192 Å². The molecule has 2 amide bonds. The van der Waals surface area contributed by atoms with E-state index in [0.717, 1.165) is 33.0 Å². The summed E-state index contributed by atoms with van der Waals surface area (Å²) >= 11 is 2.70. The molecule has 0 fully saturated rings. The second-order valence-electron chi connectivity index (χ2n) is 6.52. The fourth-order valence-corrected chi connectivity index (χ4v) is 4.48. The largest absolute Gasteiger partial charge is 0.494 e. The van der Waals surface area contributed by atoms with E-state index < -0.39 is 17.1 Å². The van der Waals surface area contributed by atoms with E-state index in [1.807, 2.05) is 31.2 Å². The maximum absolute atomic E-state index is 12.7. The molecule has 3 aromatic rings. The number of carbonyl (C=O) groups excluding carboxylic acids is 2. The fourth-order valence-electron chi connectivity index (χ4n) is 2.66. The fraction of sp³-hybridized carbons (Fsp3) is 0.182. The van der Waals surface area contributed by atoms with Crippen molar-refractivity contribution in [1.29, 1.82) is 0 Å². The Bertz CT molecular complexity index is 1180. The van der Waals surface area contributed by atoms with E-state index in [1.165, 1.54) is 23.1 Å². The lowest BCUT2D eigenvalue weighted by Gasteiger charge is -2.11.